The van der Waals surface area contributed by atoms with Crippen LogP contribution in [0.4, 0.5) is 8.78 Å². The molecular formula is C13H14F2N2O2. The Morgan fingerprint density at radius 3 is 2.84 bits per heavy atom. The first-order chi connectivity index (χ1) is 8.99. The molecule has 1 N–H and O–H groups in total. The summed E-state index contributed by atoms with van der Waals surface area (Å²) in [6.07, 6.45) is 0.160. The maximum Gasteiger partial charge on any atom is 0.245 e. The quantitative estimate of drug-likeness (QED) is 0.876. The van der Waals surface area contributed by atoms with Crippen LogP contribution in [0, 0.1) is 11.6 Å². The Balaban J connectivity index is 2.19. The molecule has 0 aliphatic carbocycles. The van der Waals surface area contributed by atoms with Gasteiger partial charge in [-0.15, -0.1) is 0 Å². The van der Waals surface area contributed by atoms with Gasteiger partial charge in [-0.25, -0.2) is 8.78 Å². The standard InChI is InChI=1S/C13H14F2N2O2/c1-8-13(19)17(6-5-11(18)16-8)7-9-3-2-4-10(14)12(9)15/h2-4,8H,5-7H2,1H3,(H,16,18). The van der Waals surface area contributed by atoms with Gasteiger partial charge in [0, 0.05) is 25.1 Å². The van der Waals surface area contributed by atoms with E-state index >= 15 is 0 Å². The van der Waals surface area contributed by atoms with Gasteiger partial charge >= 0.3 is 0 Å². The van der Waals surface area contributed by atoms with E-state index in [1.165, 1.54) is 17.0 Å². The monoisotopic (exact) mass is 268 g/mol. The van der Waals surface area contributed by atoms with Gasteiger partial charge in [0.05, 0.1) is 0 Å². The molecule has 1 atom stereocenters. The van der Waals surface area contributed by atoms with Crippen LogP contribution in [0.2, 0.25) is 0 Å². The fraction of sp³-hybridized carbons (Fsp3) is 0.385. The van der Waals surface area contributed by atoms with Crippen LogP contribution in [-0.2, 0) is 16.1 Å². The van der Waals surface area contributed by atoms with Gasteiger partial charge in [0.15, 0.2) is 11.6 Å². The third kappa shape index (κ3) is 2.89. The summed E-state index contributed by atoms with van der Waals surface area (Å²) >= 11 is 0. The highest BCUT2D eigenvalue weighted by Gasteiger charge is 2.27. The van der Waals surface area contributed by atoms with E-state index in [0.717, 1.165) is 6.07 Å². The number of carbonyl (C=O) groups excluding carboxylic acids is 2. The Morgan fingerprint density at radius 2 is 2.11 bits per heavy atom. The van der Waals surface area contributed by atoms with Crippen LogP contribution < -0.4 is 5.32 Å². The van der Waals surface area contributed by atoms with Gasteiger partial charge in [-0.3, -0.25) is 9.59 Å². The van der Waals surface area contributed by atoms with E-state index in [1.54, 1.807) is 6.92 Å². The molecule has 1 aromatic rings. The van der Waals surface area contributed by atoms with E-state index in [-0.39, 0.29) is 36.9 Å². The second-order valence-electron chi connectivity index (χ2n) is 4.51. The number of rotatable bonds is 2. The highest BCUT2D eigenvalue weighted by molar-refractivity contribution is 5.89. The molecule has 0 bridgehead atoms. The van der Waals surface area contributed by atoms with Crippen molar-refractivity contribution in [3.63, 3.8) is 0 Å². The molecule has 0 aromatic heterocycles. The predicted molar refractivity (Wildman–Crippen MR) is 64.0 cm³/mol. The molecule has 1 saturated heterocycles. The predicted octanol–water partition coefficient (Wildman–Crippen LogP) is 1.20. The van der Waals surface area contributed by atoms with Crippen molar-refractivity contribution in [2.75, 3.05) is 6.54 Å². The highest BCUT2D eigenvalue weighted by atomic mass is 19.2. The van der Waals surface area contributed by atoms with Crippen LogP contribution in [0.1, 0.15) is 18.9 Å². The Labute approximate surface area is 109 Å². The number of benzene rings is 1. The summed E-state index contributed by atoms with van der Waals surface area (Å²) in [7, 11) is 0. The van der Waals surface area contributed by atoms with Gasteiger partial charge in [-0.05, 0) is 13.0 Å². The molecule has 0 saturated carbocycles. The van der Waals surface area contributed by atoms with E-state index in [1.807, 2.05) is 0 Å². The number of nitrogens with zero attached hydrogens (tertiary/aromatic N) is 1. The smallest absolute Gasteiger partial charge is 0.245 e. The van der Waals surface area contributed by atoms with E-state index in [4.69, 9.17) is 0 Å². The van der Waals surface area contributed by atoms with Gasteiger partial charge in [0.1, 0.15) is 6.04 Å². The number of halogens is 2. The molecule has 2 rings (SSSR count). The molecule has 1 heterocycles. The van der Waals surface area contributed by atoms with Crippen LogP contribution in [0.15, 0.2) is 18.2 Å². The lowest BCUT2D eigenvalue weighted by atomic mass is 10.1. The summed E-state index contributed by atoms with van der Waals surface area (Å²) in [5.74, 6) is -2.41. The van der Waals surface area contributed by atoms with Crippen molar-refractivity contribution in [3.05, 3.63) is 35.4 Å². The van der Waals surface area contributed by atoms with Crippen molar-refractivity contribution < 1.29 is 18.4 Å². The van der Waals surface area contributed by atoms with E-state index in [9.17, 15) is 18.4 Å². The Kier molecular flexibility index (Phi) is 3.78. The maximum absolute atomic E-state index is 13.6. The summed E-state index contributed by atoms with van der Waals surface area (Å²) in [6, 6.07) is 3.20. The average Bonchev–Trinajstić information content (AvgIpc) is 2.48. The molecule has 1 aliphatic heterocycles. The van der Waals surface area contributed by atoms with Crippen molar-refractivity contribution in [2.45, 2.75) is 25.9 Å². The first-order valence-electron chi connectivity index (χ1n) is 6.00. The molecule has 6 heteroatoms. The second kappa shape index (κ2) is 5.34. The summed E-state index contributed by atoms with van der Waals surface area (Å²) in [5.41, 5.74) is 0.106. The molecule has 0 radical (unpaired) electrons. The first kappa shape index (κ1) is 13.5. The van der Waals surface area contributed by atoms with E-state index < -0.39 is 17.7 Å². The molecule has 1 fully saturated rings. The van der Waals surface area contributed by atoms with Crippen molar-refractivity contribution in [1.82, 2.24) is 10.2 Å². The minimum Gasteiger partial charge on any atom is -0.345 e. The zero-order valence-electron chi connectivity index (χ0n) is 10.5. The lowest BCUT2D eigenvalue weighted by molar-refractivity contribution is -0.133. The minimum absolute atomic E-state index is 0.0400. The average molecular weight is 268 g/mol. The van der Waals surface area contributed by atoms with Gasteiger partial charge in [0.2, 0.25) is 11.8 Å². The zero-order valence-corrected chi connectivity index (χ0v) is 10.5. The Bertz CT molecular complexity index is 519. The van der Waals surface area contributed by atoms with Crippen molar-refractivity contribution >= 4 is 11.8 Å². The summed E-state index contributed by atoms with van der Waals surface area (Å²) < 4.78 is 26.7. The molecule has 1 aromatic carbocycles. The molecule has 1 aliphatic rings. The number of amides is 2. The van der Waals surface area contributed by atoms with E-state index in [0.29, 0.717) is 0 Å². The van der Waals surface area contributed by atoms with Crippen LogP contribution in [0.25, 0.3) is 0 Å². The number of nitrogens with one attached hydrogen (secondary N) is 1. The first-order valence-corrected chi connectivity index (χ1v) is 6.00. The fourth-order valence-corrected chi connectivity index (χ4v) is 2.03. The summed E-state index contributed by atoms with van der Waals surface area (Å²) in [4.78, 5) is 24.7. The van der Waals surface area contributed by atoms with Crippen LogP contribution >= 0.6 is 0 Å². The summed E-state index contributed by atoms with van der Waals surface area (Å²) in [5, 5.41) is 2.54. The Morgan fingerprint density at radius 1 is 1.37 bits per heavy atom. The molecule has 0 spiro atoms. The normalized spacial score (nSPS) is 20.2. The molecule has 2 amide bonds. The third-order valence-corrected chi connectivity index (χ3v) is 3.06. The van der Waals surface area contributed by atoms with Crippen LogP contribution in [-0.4, -0.2) is 29.3 Å². The number of carbonyl (C=O) groups is 2. The lowest BCUT2D eigenvalue weighted by Crippen LogP contribution is -2.42. The van der Waals surface area contributed by atoms with Crippen molar-refractivity contribution in [2.24, 2.45) is 0 Å². The van der Waals surface area contributed by atoms with Crippen LogP contribution in [0.5, 0.6) is 0 Å². The SMILES string of the molecule is CC1NC(=O)CCN(Cc2cccc(F)c2F)C1=O. The maximum atomic E-state index is 13.6. The highest BCUT2D eigenvalue weighted by Crippen LogP contribution is 2.15. The largest absolute Gasteiger partial charge is 0.345 e. The van der Waals surface area contributed by atoms with Gasteiger partial charge < -0.3 is 10.2 Å². The minimum atomic E-state index is -0.952. The zero-order chi connectivity index (χ0) is 14.0. The van der Waals surface area contributed by atoms with Gasteiger partial charge in [-0.2, -0.15) is 0 Å². The van der Waals surface area contributed by atoms with Crippen molar-refractivity contribution in [3.8, 4) is 0 Å². The fourth-order valence-electron chi connectivity index (χ4n) is 2.03. The number of hydrogen-bond donors (Lipinski definition) is 1. The Hall–Kier alpha value is -1.98. The third-order valence-electron chi connectivity index (χ3n) is 3.06. The van der Waals surface area contributed by atoms with E-state index in [2.05, 4.69) is 5.32 Å². The molecule has 4 nitrogen and oxygen atoms in total. The van der Waals surface area contributed by atoms with Gasteiger partial charge in [0.25, 0.3) is 0 Å². The molecule has 102 valence electrons. The van der Waals surface area contributed by atoms with Gasteiger partial charge in [-0.1, -0.05) is 12.1 Å². The molecule has 19 heavy (non-hydrogen) atoms. The topological polar surface area (TPSA) is 49.4 Å². The van der Waals surface area contributed by atoms with Crippen LogP contribution in [0.3, 0.4) is 0 Å². The molecular weight excluding hydrogens is 254 g/mol. The summed E-state index contributed by atoms with van der Waals surface area (Å²) in [6.45, 7) is 1.73. The number of hydrogen-bond acceptors (Lipinski definition) is 2. The second-order valence-corrected chi connectivity index (χ2v) is 4.51. The molecule has 1 unspecified atom stereocenters. The lowest BCUT2D eigenvalue weighted by Gasteiger charge is -2.22. The van der Waals surface area contributed by atoms with Crippen molar-refractivity contribution in [1.29, 1.82) is 0 Å².